The summed E-state index contributed by atoms with van der Waals surface area (Å²) in [6, 6.07) is 22.5. The zero-order chi connectivity index (χ0) is 63.0. The lowest BCUT2D eigenvalue weighted by Gasteiger charge is -2.72. The summed E-state index contributed by atoms with van der Waals surface area (Å²) in [6.07, 6.45) is 23.4. The number of hydrogen-bond donors (Lipinski definition) is 8. The number of phenols is 1. The molecule has 4 aromatic carbocycles. The van der Waals surface area contributed by atoms with Gasteiger partial charge in [0.15, 0.2) is 17.5 Å². The van der Waals surface area contributed by atoms with Crippen molar-refractivity contribution in [3.63, 3.8) is 0 Å². The Bertz CT molecular complexity index is 4100. The van der Waals surface area contributed by atoms with Gasteiger partial charge in [-0.2, -0.15) is 0 Å². The molecule has 8 bridgehead atoms. The van der Waals surface area contributed by atoms with Gasteiger partial charge in [0, 0.05) is 45.6 Å². The summed E-state index contributed by atoms with van der Waals surface area (Å²) < 4.78 is 29.6. The molecule has 17 aliphatic rings. The fourth-order valence-electron chi connectivity index (χ4n) is 29.4. The molecule has 4 aliphatic heterocycles. The number of fused-ring (bicyclic) bond motifs is 11. The Balaban J connectivity index is 0.787. The molecule has 0 unspecified atom stereocenters. The van der Waals surface area contributed by atoms with Gasteiger partial charge in [0.2, 0.25) is 5.79 Å². The van der Waals surface area contributed by atoms with Crippen molar-refractivity contribution < 1.29 is 54.4 Å². The number of aromatic hydroxyl groups is 1. The van der Waals surface area contributed by atoms with E-state index in [1.54, 1.807) is 0 Å². The van der Waals surface area contributed by atoms with Gasteiger partial charge in [0.25, 0.3) is 0 Å². The lowest BCUT2D eigenvalue weighted by Crippen LogP contribution is -2.83. The maximum Gasteiger partial charge on any atom is 0.343 e. The number of carbonyl (C=O) groups excluding carboxylic acids is 1. The number of aromatic amines is 1. The van der Waals surface area contributed by atoms with Crippen LogP contribution in [-0.2, 0) is 31.0 Å². The maximum absolute atomic E-state index is 16.5. The van der Waals surface area contributed by atoms with Crippen LogP contribution in [0.2, 0.25) is 0 Å². The molecule has 10 saturated carbocycles. The van der Waals surface area contributed by atoms with Gasteiger partial charge in [0.1, 0.15) is 18.0 Å². The number of H-pyrrole nitrogens is 1. The van der Waals surface area contributed by atoms with E-state index in [4.69, 9.17) is 18.9 Å². The molecule has 94 heavy (non-hydrogen) atoms. The number of carbonyl (C=O) groups is 1. The van der Waals surface area contributed by atoms with Gasteiger partial charge in [-0.05, 0) is 255 Å². The zero-order valence-corrected chi connectivity index (χ0v) is 55.6. The van der Waals surface area contributed by atoms with Crippen LogP contribution in [0.15, 0.2) is 91.0 Å². The van der Waals surface area contributed by atoms with Gasteiger partial charge < -0.3 is 59.9 Å². The third-order valence-corrected chi connectivity index (χ3v) is 34.6. The Labute approximate surface area is 558 Å². The quantitative estimate of drug-likeness (QED) is 0.0345. The standard InChI is InChI=1S/C79H92N2O11S2/c1-80-60-39-94-93-38-55-50-17-12-43-30-46-23-26-75(77(46,64(43)50)56-18-16-48(83)32-52(55)56)67(84)54(60)33-53-57-36-76(73-24-6-9-45(73)15-21-62-72-25-22-44(34-72)61(89-49-10-4-5-11-49)20-14-47(72)35-74(62,76)28-27-73)71(86)79(88)78(57,87)69(91-68(53)75)66(92-79)70(85)90-65-59(37-82)81-58-19-13-42-29-40-7-2-3-8-41(40)31-51(42)63(58)65/h2-3,7-8,13-16,18-21,29,31-32,43-47,49-50,53-55,57,60-62,64,66-69,71,80-84,86-88H,4-6,9-12,17,22-28,30,33-39H2,1H3/t43-,44-,45+,46+,47+,50-,53-,54-,55-,57+,60-,61+,62+,64+,66+,67+,68-,69-,71-,72-,73-,74-,75-,76+,77-,78+,79-/m0/s1. The summed E-state index contributed by atoms with van der Waals surface area (Å²) >= 11 is 0. The van der Waals surface area contributed by atoms with Gasteiger partial charge in [-0.25, -0.2) is 4.79 Å². The highest BCUT2D eigenvalue weighted by atomic mass is 33.1. The molecule has 5 aromatic rings. The van der Waals surface area contributed by atoms with Crippen LogP contribution in [0, 0.1) is 92.2 Å². The van der Waals surface area contributed by atoms with Gasteiger partial charge in [-0.1, -0.05) is 102 Å². The van der Waals surface area contributed by atoms with E-state index in [2.05, 4.69) is 78.1 Å². The molecule has 13 fully saturated rings. The summed E-state index contributed by atoms with van der Waals surface area (Å²) in [4.78, 5) is 19.9. The zero-order valence-electron chi connectivity index (χ0n) is 54.0. The van der Waals surface area contributed by atoms with E-state index in [0.29, 0.717) is 59.7 Å². The minimum Gasteiger partial charge on any atom is -0.508 e. The molecule has 27 atom stereocenters. The molecule has 0 radical (unpaired) electrons. The molecule has 3 saturated heterocycles. The molecule has 22 rings (SSSR count). The predicted molar refractivity (Wildman–Crippen MR) is 360 cm³/mol. The summed E-state index contributed by atoms with van der Waals surface area (Å²) in [5, 5.41) is 91.2. The number of phenolic OH excluding ortho intramolecular Hbond substituents is 1. The van der Waals surface area contributed by atoms with Crippen LogP contribution < -0.4 is 10.1 Å². The minimum absolute atomic E-state index is 0.0759. The predicted octanol–water partition coefficient (Wildman–Crippen LogP) is 12.4. The second-order valence-corrected chi connectivity index (χ2v) is 36.6. The maximum atomic E-state index is 16.5. The van der Waals surface area contributed by atoms with E-state index in [0.717, 1.165) is 129 Å². The van der Waals surface area contributed by atoms with Crippen molar-refractivity contribution >= 4 is 60.0 Å². The summed E-state index contributed by atoms with van der Waals surface area (Å²) in [5.74, 6) is -0.734. The van der Waals surface area contributed by atoms with Crippen LogP contribution in [0.4, 0.5) is 0 Å². The van der Waals surface area contributed by atoms with Crippen LogP contribution in [0.25, 0.3) is 32.4 Å². The van der Waals surface area contributed by atoms with Gasteiger partial charge >= 0.3 is 5.97 Å². The summed E-state index contributed by atoms with van der Waals surface area (Å²) in [6.45, 7) is -0.467. The topological polar surface area (TPSA) is 203 Å². The van der Waals surface area contributed by atoms with Crippen LogP contribution in [0.3, 0.4) is 0 Å². The smallest absolute Gasteiger partial charge is 0.343 e. The number of ether oxygens (including phenoxy) is 4. The van der Waals surface area contributed by atoms with E-state index in [9.17, 15) is 20.4 Å². The monoisotopic (exact) mass is 1310 g/mol. The molecular weight excluding hydrogens is 1220 g/mol. The SMILES string of the molecule is CN[C@H]1CSSC[C@@H]2c3cc(O)ccc3[C@]34[C@H](CC[C@@]35[C@H](O)[C@H]1C[C@H]1[C@H]3C[C@]6([C@H](O)[C@]7(O)O[C@@H](C(=O)Oc8c(CO)[nH]c9ccc%10cc%11ccccc%11cc%10c89)[C@H](O[C@@H]15)[C@]37O)[C@]13CC[C@]65CCC[C@@H]5C=C[C@@H]1[C@@]15CC[C@@H](C1)[C@H](OC1CCCC1)C=C[C@@H]5C3)C[C@@H]1CC[C@@H]2[C@@H]14. The third-order valence-electron chi connectivity index (χ3n) is 32.1. The average Bonchev–Trinajstić information content (AvgIpc) is 1.43. The van der Waals surface area contributed by atoms with E-state index < -0.39 is 93.4 Å². The highest BCUT2D eigenvalue weighted by molar-refractivity contribution is 8.76. The van der Waals surface area contributed by atoms with Gasteiger partial charge in [-0.3, -0.25) is 0 Å². The van der Waals surface area contributed by atoms with Gasteiger partial charge in [-0.15, -0.1) is 0 Å². The highest BCUT2D eigenvalue weighted by Gasteiger charge is 2.91. The number of nitrogens with one attached hydrogen (secondary N) is 2. The Morgan fingerprint density at radius 2 is 1.59 bits per heavy atom. The fraction of sp³-hybridized carbons (Fsp3) is 0.658. The lowest BCUT2D eigenvalue weighted by molar-refractivity contribution is -0.411. The van der Waals surface area contributed by atoms with Crippen LogP contribution in [0.5, 0.6) is 11.5 Å². The molecule has 0 amide bonds. The first-order valence-corrected chi connectivity index (χ1v) is 39.4. The van der Waals surface area contributed by atoms with E-state index in [1.165, 1.54) is 24.0 Å². The van der Waals surface area contributed by atoms with Crippen molar-refractivity contribution in [1.29, 1.82) is 0 Å². The first-order valence-electron chi connectivity index (χ1n) is 36.9. The summed E-state index contributed by atoms with van der Waals surface area (Å²) in [5.41, 5.74) is -2.49. The largest absolute Gasteiger partial charge is 0.508 e. The molecular formula is C79H92N2O11S2. The van der Waals surface area contributed by atoms with Crippen molar-refractivity contribution in [2.24, 2.45) is 92.2 Å². The van der Waals surface area contributed by atoms with Gasteiger partial charge in [0.05, 0.1) is 47.6 Å². The number of esters is 1. The number of benzene rings is 4. The number of hydrogen-bond acceptors (Lipinski definition) is 14. The van der Waals surface area contributed by atoms with Crippen LogP contribution in [-0.4, -0.2) is 120 Å². The van der Waals surface area contributed by atoms with Crippen molar-refractivity contribution in [3.05, 3.63) is 108 Å². The average molecular weight is 1310 g/mol. The summed E-state index contributed by atoms with van der Waals surface area (Å²) in [7, 11) is 5.89. The first kappa shape index (κ1) is 58.9. The molecule has 13 nitrogen and oxygen atoms in total. The Morgan fingerprint density at radius 3 is 2.44 bits per heavy atom. The first-order chi connectivity index (χ1) is 45.7. The van der Waals surface area contributed by atoms with E-state index >= 15 is 15.0 Å². The second-order valence-electron chi connectivity index (χ2n) is 34.0. The molecule has 13 aliphatic carbocycles. The van der Waals surface area contributed by atoms with Crippen molar-refractivity contribution in [3.8, 4) is 11.5 Å². The molecule has 5 heterocycles. The molecule has 496 valence electrons. The number of aliphatic hydroxyl groups excluding tert-OH is 3. The lowest BCUT2D eigenvalue weighted by atomic mass is 9.36. The third kappa shape index (κ3) is 6.76. The van der Waals surface area contributed by atoms with E-state index in [1.807, 2.05) is 51.9 Å². The number of aliphatic hydroxyl groups is 5. The highest BCUT2D eigenvalue weighted by Crippen LogP contribution is 2.89. The number of aromatic nitrogens is 1. The molecule has 15 heteroatoms. The molecule has 8 N–H and O–H groups in total. The van der Waals surface area contributed by atoms with Crippen LogP contribution >= 0.6 is 21.6 Å². The fourth-order valence-corrected chi connectivity index (χ4v) is 32.2. The molecule has 1 aromatic heterocycles. The Kier molecular flexibility index (Phi) is 12.5. The van der Waals surface area contributed by atoms with Crippen molar-refractivity contribution in [2.45, 2.75) is 207 Å². The van der Waals surface area contributed by atoms with Crippen molar-refractivity contribution in [2.75, 3.05) is 18.6 Å². The van der Waals surface area contributed by atoms with Crippen molar-refractivity contribution in [1.82, 2.24) is 10.3 Å². The number of rotatable bonds is 6. The minimum atomic E-state index is -2.72. The second kappa shape index (κ2) is 19.9. The van der Waals surface area contributed by atoms with Crippen LogP contribution in [0.1, 0.15) is 151 Å². The van der Waals surface area contributed by atoms with E-state index in [-0.39, 0.29) is 70.5 Å². The normalized spacial score (nSPS) is 50.1. The number of allylic oxidation sites excluding steroid dienone is 3. The molecule has 6 spiro atoms. The Morgan fingerprint density at radius 1 is 0.755 bits per heavy atom. The Hall–Kier alpha value is -3.97.